The van der Waals surface area contributed by atoms with E-state index in [-0.39, 0.29) is 12.5 Å². The van der Waals surface area contributed by atoms with Crippen molar-refractivity contribution in [3.05, 3.63) is 87.6 Å². The fourth-order valence-corrected chi connectivity index (χ4v) is 3.50. The van der Waals surface area contributed by atoms with E-state index in [9.17, 15) is 9.90 Å². The van der Waals surface area contributed by atoms with Crippen molar-refractivity contribution in [2.75, 3.05) is 6.61 Å². The average Bonchev–Trinajstić information content (AvgIpc) is 3.15. The van der Waals surface area contributed by atoms with Crippen molar-refractivity contribution in [2.45, 2.75) is 19.6 Å². The molecule has 1 amide bonds. The van der Waals surface area contributed by atoms with Crippen LogP contribution in [0.5, 0.6) is 5.75 Å². The van der Waals surface area contributed by atoms with Crippen LogP contribution < -0.4 is 10.1 Å². The Balaban J connectivity index is 1.50. The first-order valence-electron chi connectivity index (χ1n) is 8.40. The molecule has 5 heteroatoms. The number of hydrogen-bond donors (Lipinski definition) is 2. The number of benzene rings is 2. The fraction of sp³-hybridized carbons (Fsp3) is 0.190. The van der Waals surface area contributed by atoms with Gasteiger partial charge >= 0.3 is 0 Å². The highest BCUT2D eigenvalue weighted by atomic mass is 32.1. The number of aryl methyl sites for hydroxylation is 1. The Morgan fingerprint density at radius 2 is 1.81 bits per heavy atom. The SMILES string of the molecule is Cc1ccccc1OCC(=O)NCc1ccc(C(O)c2ccccc2)s1. The number of aliphatic hydroxyl groups excluding tert-OH is 1. The summed E-state index contributed by atoms with van der Waals surface area (Å²) in [4.78, 5) is 13.8. The molecule has 0 saturated carbocycles. The molecule has 0 fully saturated rings. The Hall–Kier alpha value is -2.63. The predicted molar refractivity (Wildman–Crippen MR) is 103 cm³/mol. The Kier molecular flexibility index (Phi) is 6.04. The molecular formula is C21H21NO3S. The highest BCUT2D eigenvalue weighted by molar-refractivity contribution is 7.12. The first-order chi connectivity index (χ1) is 12.6. The smallest absolute Gasteiger partial charge is 0.258 e. The van der Waals surface area contributed by atoms with Crippen LogP contribution in [0.25, 0.3) is 0 Å². The van der Waals surface area contributed by atoms with Gasteiger partial charge in [0.2, 0.25) is 0 Å². The minimum absolute atomic E-state index is 0.0181. The zero-order chi connectivity index (χ0) is 18.4. The molecule has 0 aliphatic heterocycles. The molecule has 1 unspecified atom stereocenters. The maximum absolute atomic E-state index is 12.0. The van der Waals surface area contributed by atoms with Gasteiger partial charge in [-0.3, -0.25) is 4.79 Å². The van der Waals surface area contributed by atoms with Gasteiger partial charge in [0.25, 0.3) is 5.91 Å². The quantitative estimate of drug-likeness (QED) is 0.667. The zero-order valence-electron chi connectivity index (χ0n) is 14.5. The molecule has 3 rings (SSSR count). The molecule has 0 bridgehead atoms. The number of carbonyl (C=O) groups is 1. The van der Waals surface area contributed by atoms with Crippen molar-refractivity contribution in [1.82, 2.24) is 5.32 Å². The maximum Gasteiger partial charge on any atom is 0.258 e. The van der Waals surface area contributed by atoms with Crippen molar-refractivity contribution in [3.63, 3.8) is 0 Å². The minimum Gasteiger partial charge on any atom is -0.484 e. The van der Waals surface area contributed by atoms with Crippen molar-refractivity contribution >= 4 is 17.2 Å². The molecule has 0 saturated heterocycles. The first-order valence-corrected chi connectivity index (χ1v) is 9.22. The molecule has 1 aromatic heterocycles. The molecule has 3 aromatic rings. The van der Waals surface area contributed by atoms with Crippen LogP contribution in [0, 0.1) is 6.92 Å². The molecule has 0 aliphatic rings. The van der Waals surface area contributed by atoms with E-state index in [1.807, 2.05) is 73.7 Å². The fourth-order valence-electron chi connectivity index (χ4n) is 2.53. The molecule has 0 aliphatic carbocycles. The summed E-state index contributed by atoms with van der Waals surface area (Å²) in [6.07, 6.45) is -0.643. The largest absolute Gasteiger partial charge is 0.484 e. The lowest BCUT2D eigenvalue weighted by Gasteiger charge is -2.09. The minimum atomic E-state index is -0.643. The van der Waals surface area contributed by atoms with E-state index in [2.05, 4.69) is 5.32 Å². The zero-order valence-corrected chi connectivity index (χ0v) is 15.3. The molecule has 2 aromatic carbocycles. The van der Waals surface area contributed by atoms with Gasteiger partial charge in [-0.1, -0.05) is 48.5 Å². The van der Waals surface area contributed by atoms with Crippen LogP contribution in [0.15, 0.2) is 66.7 Å². The monoisotopic (exact) mass is 367 g/mol. The number of aliphatic hydroxyl groups is 1. The number of rotatable bonds is 7. The second-order valence-electron chi connectivity index (χ2n) is 5.95. The van der Waals surface area contributed by atoms with Gasteiger partial charge in [-0.05, 0) is 36.2 Å². The summed E-state index contributed by atoms with van der Waals surface area (Å²) >= 11 is 1.49. The van der Waals surface area contributed by atoms with Crippen LogP contribution in [0.1, 0.15) is 27.0 Å². The molecular weight excluding hydrogens is 346 g/mol. The van der Waals surface area contributed by atoms with Gasteiger partial charge in [0.05, 0.1) is 6.54 Å². The topological polar surface area (TPSA) is 58.6 Å². The van der Waals surface area contributed by atoms with Gasteiger partial charge in [-0.2, -0.15) is 0 Å². The van der Waals surface area contributed by atoms with Crippen LogP contribution in [0.4, 0.5) is 0 Å². The second kappa shape index (κ2) is 8.65. The lowest BCUT2D eigenvalue weighted by atomic mass is 10.1. The molecule has 134 valence electrons. The normalized spacial score (nSPS) is 11.8. The predicted octanol–water partition coefficient (Wildman–Crippen LogP) is 3.83. The van der Waals surface area contributed by atoms with E-state index in [1.54, 1.807) is 0 Å². The number of thiophene rings is 1. The van der Waals surface area contributed by atoms with Crippen LogP contribution in [0.2, 0.25) is 0 Å². The van der Waals surface area contributed by atoms with Gasteiger partial charge in [0.15, 0.2) is 6.61 Å². The summed E-state index contributed by atoms with van der Waals surface area (Å²) in [5.74, 6) is 0.541. The summed E-state index contributed by atoms with van der Waals surface area (Å²) in [6.45, 7) is 2.34. The van der Waals surface area contributed by atoms with E-state index in [0.717, 1.165) is 20.9 Å². The van der Waals surface area contributed by atoms with E-state index in [0.29, 0.717) is 12.3 Å². The van der Waals surface area contributed by atoms with Crippen molar-refractivity contribution < 1.29 is 14.6 Å². The van der Waals surface area contributed by atoms with Crippen molar-refractivity contribution in [1.29, 1.82) is 0 Å². The van der Waals surface area contributed by atoms with E-state index >= 15 is 0 Å². The molecule has 0 radical (unpaired) electrons. The number of nitrogens with one attached hydrogen (secondary N) is 1. The van der Waals surface area contributed by atoms with E-state index < -0.39 is 6.10 Å². The van der Waals surface area contributed by atoms with Gasteiger partial charge in [-0.15, -0.1) is 11.3 Å². The molecule has 1 heterocycles. The standard InChI is InChI=1S/C21H21NO3S/c1-15-7-5-6-10-18(15)25-14-20(23)22-13-17-11-12-19(26-17)21(24)16-8-3-2-4-9-16/h2-12,21,24H,13-14H2,1H3,(H,22,23). The summed E-state index contributed by atoms with van der Waals surface area (Å²) in [5, 5.41) is 13.3. The van der Waals surface area contributed by atoms with E-state index in [4.69, 9.17) is 4.74 Å². The Morgan fingerprint density at radius 3 is 2.58 bits per heavy atom. The Morgan fingerprint density at radius 1 is 1.08 bits per heavy atom. The lowest BCUT2D eigenvalue weighted by molar-refractivity contribution is -0.123. The highest BCUT2D eigenvalue weighted by Crippen LogP contribution is 2.28. The van der Waals surface area contributed by atoms with Crippen LogP contribution in [0.3, 0.4) is 0 Å². The number of hydrogen-bond acceptors (Lipinski definition) is 4. The number of para-hydroxylation sites is 1. The third kappa shape index (κ3) is 4.71. The second-order valence-corrected chi connectivity index (χ2v) is 7.15. The van der Waals surface area contributed by atoms with Crippen LogP contribution >= 0.6 is 11.3 Å². The van der Waals surface area contributed by atoms with Crippen molar-refractivity contribution in [2.24, 2.45) is 0 Å². The van der Waals surface area contributed by atoms with Gasteiger partial charge in [0.1, 0.15) is 11.9 Å². The van der Waals surface area contributed by atoms with Gasteiger partial charge in [-0.25, -0.2) is 0 Å². The first kappa shape index (κ1) is 18.2. The van der Waals surface area contributed by atoms with Crippen molar-refractivity contribution in [3.8, 4) is 5.75 Å². The summed E-state index contributed by atoms with van der Waals surface area (Å²) in [5.41, 5.74) is 1.86. The Bertz CT molecular complexity index is 860. The Labute approximate surface area is 157 Å². The maximum atomic E-state index is 12.0. The molecule has 26 heavy (non-hydrogen) atoms. The van der Waals surface area contributed by atoms with E-state index in [1.165, 1.54) is 11.3 Å². The third-order valence-corrected chi connectivity index (χ3v) is 5.12. The molecule has 2 N–H and O–H groups in total. The summed E-state index contributed by atoms with van der Waals surface area (Å²) in [7, 11) is 0. The molecule has 0 spiro atoms. The summed E-state index contributed by atoms with van der Waals surface area (Å²) in [6, 6.07) is 20.9. The van der Waals surface area contributed by atoms with Crippen LogP contribution in [-0.2, 0) is 11.3 Å². The highest BCUT2D eigenvalue weighted by Gasteiger charge is 2.13. The number of ether oxygens (including phenoxy) is 1. The third-order valence-electron chi connectivity index (χ3n) is 3.98. The molecule has 1 atom stereocenters. The number of carbonyl (C=O) groups excluding carboxylic acids is 1. The summed E-state index contributed by atoms with van der Waals surface area (Å²) < 4.78 is 5.54. The lowest BCUT2D eigenvalue weighted by Crippen LogP contribution is -2.28. The van der Waals surface area contributed by atoms with Gasteiger partial charge in [0, 0.05) is 9.75 Å². The number of amides is 1. The average molecular weight is 367 g/mol. The van der Waals surface area contributed by atoms with Gasteiger partial charge < -0.3 is 15.2 Å². The van der Waals surface area contributed by atoms with Crippen LogP contribution in [-0.4, -0.2) is 17.6 Å². The molecule has 4 nitrogen and oxygen atoms in total.